The molecule has 3 heterocycles. The highest BCUT2D eigenvalue weighted by molar-refractivity contribution is 7.99. The van der Waals surface area contributed by atoms with Crippen molar-refractivity contribution < 1.29 is 0 Å². The molecule has 4 rings (SSSR count). The molecule has 0 N–H and O–H groups in total. The molecule has 1 atom stereocenters. The van der Waals surface area contributed by atoms with Crippen LogP contribution in [0.3, 0.4) is 0 Å². The monoisotopic (exact) mass is 338 g/mol. The van der Waals surface area contributed by atoms with E-state index < -0.39 is 0 Å². The minimum Gasteiger partial charge on any atom is -0.286 e. The van der Waals surface area contributed by atoms with Crippen molar-refractivity contribution in [2.24, 2.45) is 5.92 Å². The molecular weight excluding hydrogens is 320 g/mol. The quantitative estimate of drug-likeness (QED) is 0.787. The average molecular weight is 338 g/mol. The zero-order chi connectivity index (χ0) is 16.9. The minimum atomic E-state index is -0.241. The van der Waals surface area contributed by atoms with Gasteiger partial charge in [0.1, 0.15) is 11.6 Å². The van der Waals surface area contributed by atoms with Crippen LogP contribution in [0.25, 0.3) is 11.3 Å². The first-order chi connectivity index (χ1) is 11.5. The van der Waals surface area contributed by atoms with Gasteiger partial charge in [-0.2, -0.15) is 5.26 Å². The van der Waals surface area contributed by atoms with Crippen LogP contribution in [0.2, 0.25) is 0 Å². The van der Waals surface area contributed by atoms with Gasteiger partial charge in [-0.05, 0) is 30.9 Å². The van der Waals surface area contributed by atoms with Gasteiger partial charge in [0.15, 0.2) is 5.16 Å². The van der Waals surface area contributed by atoms with Crippen molar-refractivity contribution >= 4 is 11.8 Å². The van der Waals surface area contributed by atoms with Gasteiger partial charge in [0.25, 0.3) is 5.56 Å². The van der Waals surface area contributed by atoms with Crippen LogP contribution < -0.4 is 5.56 Å². The van der Waals surface area contributed by atoms with E-state index in [1.807, 2.05) is 12.1 Å². The first-order valence-electron chi connectivity index (χ1n) is 8.16. The number of hydrogen-bond donors (Lipinski definition) is 0. The molecule has 2 aromatic heterocycles. The van der Waals surface area contributed by atoms with Crippen molar-refractivity contribution in [3.8, 4) is 17.3 Å². The highest BCUT2D eigenvalue weighted by atomic mass is 32.2. The number of fused-ring (bicyclic) bond motifs is 1. The molecule has 0 aromatic carbocycles. The van der Waals surface area contributed by atoms with Crippen LogP contribution >= 0.6 is 11.8 Å². The molecule has 1 aliphatic heterocycles. The Morgan fingerprint density at radius 2 is 2.21 bits per heavy atom. The fourth-order valence-electron chi connectivity index (χ4n) is 3.03. The lowest BCUT2D eigenvalue weighted by Gasteiger charge is -2.22. The Labute approximate surface area is 144 Å². The maximum atomic E-state index is 12.7. The molecule has 0 unspecified atom stereocenters. The van der Waals surface area contributed by atoms with E-state index in [2.05, 4.69) is 29.9 Å². The van der Waals surface area contributed by atoms with Gasteiger partial charge in [-0.3, -0.25) is 14.3 Å². The Bertz CT molecular complexity index is 906. The Balaban J connectivity index is 1.82. The van der Waals surface area contributed by atoms with Gasteiger partial charge >= 0.3 is 0 Å². The van der Waals surface area contributed by atoms with Crippen molar-refractivity contribution in [2.75, 3.05) is 5.75 Å². The lowest BCUT2D eigenvalue weighted by molar-refractivity contribution is 0.460. The van der Waals surface area contributed by atoms with Crippen molar-refractivity contribution in [1.82, 2.24) is 14.5 Å². The van der Waals surface area contributed by atoms with Crippen LogP contribution in [0.4, 0.5) is 0 Å². The Morgan fingerprint density at radius 3 is 2.83 bits per heavy atom. The highest BCUT2D eigenvalue weighted by Crippen LogP contribution is 2.46. The minimum absolute atomic E-state index is 0.112. The van der Waals surface area contributed by atoms with E-state index in [1.165, 1.54) is 0 Å². The third-order valence-corrected chi connectivity index (χ3v) is 6.20. The summed E-state index contributed by atoms with van der Waals surface area (Å²) in [5.41, 5.74) is 2.33. The first-order valence-corrected chi connectivity index (χ1v) is 9.15. The molecule has 6 heteroatoms. The molecule has 0 amide bonds. The number of nitrogens with zero attached hydrogens (tertiary/aromatic N) is 4. The van der Waals surface area contributed by atoms with Gasteiger partial charge < -0.3 is 0 Å². The maximum absolute atomic E-state index is 12.7. The zero-order valence-electron chi connectivity index (χ0n) is 13.7. The summed E-state index contributed by atoms with van der Waals surface area (Å²) in [5.74, 6) is 1.34. The second kappa shape index (κ2) is 5.45. The number of thioether (sulfide) groups is 1. The molecule has 24 heavy (non-hydrogen) atoms. The van der Waals surface area contributed by atoms with Crippen LogP contribution in [0.5, 0.6) is 0 Å². The molecule has 0 bridgehead atoms. The number of rotatable bonds is 2. The van der Waals surface area contributed by atoms with Gasteiger partial charge in [0.05, 0.1) is 5.69 Å². The van der Waals surface area contributed by atoms with Gasteiger partial charge in [-0.15, -0.1) is 0 Å². The van der Waals surface area contributed by atoms with E-state index in [0.717, 1.165) is 29.9 Å². The molecule has 0 radical (unpaired) electrons. The van der Waals surface area contributed by atoms with Crippen LogP contribution in [-0.4, -0.2) is 20.3 Å². The van der Waals surface area contributed by atoms with E-state index in [4.69, 9.17) is 0 Å². The van der Waals surface area contributed by atoms with Crippen LogP contribution in [-0.2, 0) is 12.0 Å². The summed E-state index contributed by atoms with van der Waals surface area (Å²) in [7, 11) is 0. The SMILES string of the molecule is C[C@@H]1CSc2nc(-c3ccc(C4(C)CC4)nc3)c(C#N)c(=O)n2C1. The lowest BCUT2D eigenvalue weighted by atomic mass is 10.0. The van der Waals surface area contributed by atoms with Crippen molar-refractivity contribution in [3.05, 3.63) is 39.9 Å². The van der Waals surface area contributed by atoms with Gasteiger partial charge in [-0.1, -0.05) is 25.6 Å². The molecule has 0 spiro atoms. The summed E-state index contributed by atoms with van der Waals surface area (Å²) < 4.78 is 1.63. The lowest BCUT2D eigenvalue weighted by Crippen LogP contribution is -2.32. The molecule has 5 nitrogen and oxygen atoms in total. The van der Waals surface area contributed by atoms with Crippen LogP contribution in [0.15, 0.2) is 28.3 Å². The maximum Gasteiger partial charge on any atom is 0.272 e. The first kappa shape index (κ1) is 15.4. The Morgan fingerprint density at radius 1 is 1.42 bits per heavy atom. The predicted octanol–water partition coefficient (Wildman–Crippen LogP) is 2.97. The highest BCUT2D eigenvalue weighted by Gasteiger charge is 2.40. The molecule has 2 aliphatic rings. The molecule has 1 saturated carbocycles. The third-order valence-electron chi connectivity index (χ3n) is 4.89. The summed E-state index contributed by atoms with van der Waals surface area (Å²) in [4.78, 5) is 21.9. The number of pyridine rings is 1. The molecule has 1 aliphatic carbocycles. The van der Waals surface area contributed by atoms with E-state index >= 15 is 0 Å². The molecule has 122 valence electrons. The molecule has 1 fully saturated rings. The van der Waals surface area contributed by atoms with Crippen molar-refractivity contribution in [2.45, 2.75) is 43.8 Å². The fourth-order valence-corrected chi connectivity index (χ4v) is 4.04. The van der Waals surface area contributed by atoms with Crippen LogP contribution in [0.1, 0.15) is 37.9 Å². The smallest absolute Gasteiger partial charge is 0.272 e. The van der Waals surface area contributed by atoms with Gasteiger partial charge in [-0.25, -0.2) is 4.98 Å². The van der Waals surface area contributed by atoms with Crippen LogP contribution in [0, 0.1) is 17.2 Å². The second-order valence-corrected chi connectivity index (χ2v) is 8.04. The van der Waals surface area contributed by atoms with Gasteiger partial charge in [0.2, 0.25) is 0 Å². The number of hydrogen-bond acceptors (Lipinski definition) is 5. The summed E-state index contributed by atoms with van der Waals surface area (Å²) in [6, 6.07) is 5.98. The zero-order valence-corrected chi connectivity index (χ0v) is 14.6. The van der Waals surface area contributed by atoms with E-state index in [1.54, 1.807) is 22.5 Å². The summed E-state index contributed by atoms with van der Waals surface area (Å²) in [6.45, 7) is 4.93. The predicted molar refractivity (Wildman–Crippen MR) is 92.9 cm³/mol. The largest absolute Gasteiger partial charge is 0.286 e. The summed E-state index contributed by atoms with van der Waals surface area (Å²) >= 11 is 1.58. The third kappa shape index (κ3) is 2.44. The number of aromatic nitrogens is 3. The number of nitriles is 1. The van der Waals surface area contributed by atoms with E-state index in [-0.39, 0.29) is 16.5 Å². The van der Waals surface area contributed by atoms with Crippen molar-refractivity contribution in [1.29, 1.82) is 5.26 Å². The average Bonchev–Trinajstić information content (AvgIpc) is 3.34. The van der Waals surface area contributed by atoms with Gasteiger partial charge in [0, 0.05) is 35.2 Å². The fraction of sp³-hybridized carbons (Fsp3) is 0.444. The van der Waals surface area contributed by atoms with E-state index in [0.29, 0.717) is 23.3 Å². The van der Waals surface area contributed by atoms with Crippen molar-refractivity contribution in [3.63, 3.8) is 0 Å². The normalized spacial score (nSPS) is 21.0. The topological polar surface area (TPSA) is 71.6 Å². The summed E-state index contributed by atoms with van der Waals surface area (Å²) in [6.07, 6.45) is 4.07. The Hall–Kier alpha value is -2.13. The summed E-state index contributed by atoms with van der Waals surface area (Å²) in [5, 5.41) is 10.2. The standard InChI is InChI=1S/C18H18N4OS/c1-11-9-22-16(23)13(7-19)15(21-17(22)24-10-11)12-3-4-14(20-8-12)18(2)5-6-18/h3-4,8,11H,5-6,9-10H2,1-2H3/t11-/m0/s1. The molecule has 0 saturated heterocycles. The second-order valence-electron chi connectivity index (χ2n) is 7.05. The van der Waals surface area contributed by atoms with E-state index in [9.17, 15) is 10.1 Å². The Kier molecular flexibility index (Phi) is 3.50. The molecular formula is C18H18N4OS. The molecule has 2 aromatic rings.